The fourth-order valence-electron chi connectivity index (χ4n) is 13.5. The number of nitrogens with zero attached hydrogens (tertiary/aromatic N) is 4. The zero-order valence-electron chi connectivity index (χ0n) is 43.0. The molecule has 0 amide bonds. The van der Waals surface area contributed by atoms with Gasteiger partial charge in [-0.15, -0.1) is 29.7 Å². The van der Waals surface area contributed by atoms with Crippen LogP contribution in [-0.4, -0.2) is 14.1 Å². The average molecular weight is 1180 g/mol. The van der Waals surface area contributed by atoms with Gasteiger partial charge in [0.05, 0.1) is 22.1 Å². The molecule has 10 aromatic carbocycles. The van der Waals surface area contributed by atoms with E-state index in [1.807, 2.05) is 24.4 Å². The fraction of sp³-hybridized carbons (Fsp3) is 0.0833. The summed E-state index contributed by atoms with van der Waals surface area (Å²) >= 11 is 0. The Labute approximate surface area is 467 Å². The Morgan fingerprint density at radius 1 is 0.513 bits per heavy atom. The van der Waals surface area contributed by atoms with E-state index in [-0.39, 0.29) is 32.4 Å². The zero-order valence-corrected chi connectivity index (χ0v) is 45.3. The van der Waals surface area contributed by atoms with Crippen LogP contribution in [0, 0.1) is 18.5 Å². The van der Waals surface area contributed by atoms with Gasteiger partial charge >= 0.3 is 0 Å². The monoisotopic (exact) mass is 1180 g/mol. The molecule has 0 radical (unpaired) electrons. The van der Waals surface area contributed by atoms with Crippen LogP contribution in [-0.2, 0) is 31.9 Å². The van der Waals surface area contributed by atoms with Crippen LogP contribution in [0.4, 0.5) is 0 Å². The Kier molecular flexibility index (Phi) is 10.3. The molecule has 3 aromatic heterocycles. The van der Waals surface area contributed by atoms with E-state index in [0.717, 1.165) is 61.2 Å². The summed E-state index contributed by atoms with van der Waals surface area (Å²) in [5, 5.41) is 2.21. The van der Waals surface area contributed by atoms with E-state index in [1.54, 1.807) is 0 Å². The first-order chi connectivity index (χ1) is 37.8. The number of para-hydroxylation sites is 2. The van der Waals surface area contributed by atoms with Crippen molar-refractivity contribution in [1.82, 2.24) is 14.1 Å². The third-order valence-corrected chi connectivity index (χ3v) is 16.7. The van der Waals surface area contributed by atoms with Crippen molar-refractivity contribution in [3.05, 3.63) is 294 Å². The van der Waals surface area contributed by atoms with Crippen LogP contribution in [0.2, 0.25) is 0 Å². The van der Waals surface area contributed by atoms with E-state index in [0.29, 0.717) is 11.5 Å². The van der Waals surface area contributed by atoms with Gasteiger partial charge in [0.25, 0.3) is 6.33 Å². The predicted molar refractivity (Wildman–Crippen MR) is 308 cm³/mol. The number of ether oxygens (including phenoxy) is 1. The zero-order chi connectivity index (χ0) is 51.1. The first-order valence-electron chi connectivity index (χ1n) is 26.6. The number of benzene rings is 10. The summed E-state index contributed by atoms with van der Waals surface area (Å²) in [6.45, 7) is 6.70. The van der Waals surface area contributed by atoms with Gasteiger partial charge in [-0.3, -0.25) is 4.57 Å². The molecule has 3 aliphatic carbocycles. The van der Waals surface area contributed by atoms with Gasteiger partial charge in [-0.25, -0.2) is 4.98 Å². The summed E-state index contributed by atoms with van der Waals surface area (Å²) in [5.74, 6) is 2.14. The molecule has 0 fully saturated rings. The van der Waals surface area contributed by atoms with Gasteiger partial charge < -0.3 is 13.9 Å². The minimum atomic E-state index is -0.632. The molecule has 0 atom stereocenters. The van der Waals surface area contributed by atoms with E-state index in [1.165, 1.54) is 66.8 Å². The molecule has 1 aliphatic heterocycles. The third kappa shape index (κ3) is 6.52. The molecule has 2 bridgehead atoms. The Balaban J connectivity index is 0.00000529. The Morgan fingerprint density at radius 3 is 1.79 bits per heavy atom. The van der Waals surface area contributed by atoms with Gasteiger partial charge in [0.2, 0.25) is 0 Å². The van der Waals surface area contributed by atoms with Gasteiger partial charge in [-0.1, -0.05) is 196 Å². The summed E-state index contributed by atoms with van der Waals surface area (Å²) in [6.07, 6.45) is 5.90. The molecule has 0 unspecified atom stereocenters. The molecule has 17 rings (SSSR count). The molecule has 0 N–H and O–H groups in total. The summed E-state index contributed by atoms with van der Waals surface area (Å²) in [7, 11) is 0. The van der Waals surface area contributed by atoms with Crippen molar-refractivity contribution in [1.29, 1.82) is 0 Å². The number of rotatable bonds is 5. The number of aromatic nitrogens is 4. The summed E-state index contributed by atoms with van der Waals surface area (Å²) in [4.78, 5) is 4.91. The second-order valence-corrected chi connectivity index (χ2v) is 21.8. The molecular formula is C72H48N4OPt-2. The van der Waals surface area contributed by atoms with Crippen LogP contribution in [0.15, 0.2) is 231 Å². The molecule has 78 heavy (non-hydrogen) atoms. The maximum atomic E-state index is 6.81. The summed E-state index contributed by atoms with van der Waals surface area (Å²) in [5.41, 5.74) is 22.7. The Bertz CT molecular complexity index is 4510. The van der Waals surface area contributed by atoms with Gasteiger partial charge in [0.1, 0.15) is 5.82 Å². The summed E-state index contributed by atoms with van der Waals surface area (Å²) in [6, 6.07) is 89.5. The van der Waals surface area contributed by atoms with E-state index < -0.39 is 5.41 Å². The van der Waals surface area contributed by atoms with Crippen LogP contribution < -0.4 is 9.30 Å². The van der Waals surface area contributed by atoms with Crippen molar-refractivity contribution >= 4 is 32.8 Å². The van der Waals surface area contributed by atoms with Crippen LogP contribution >= 0.6 is 0 Å². The van der Waals surface area contributed by atoms with E-state index in [9.17, 15) is 0 Å². The van der Waals surface area contributed by atoms with E-state index >= 15 is 0 Å². The minimum Gasteiger partial charge on any atom is -0.510 e. The first kappa shape index (κ1) is 46.4. The second kappa shape index (κ2) is 17.3. The topological polar surface area (TPSA) is 35.9 Å². The van der Waals surface area contributed by atoms with Crippen molar-refractivity contribution in [3.63, 3.8) is 0 Å². The number of fused-ring (bicyclic) bond motifs is 10. The van der Waals surface area contributed by atoms with Gasteiger partial charge in [-0.2, -0.15) is 18.2 Å². The predicted octanol–water partition coefficient (Wildman–Crippen LogP) is 16.4. The number of hydrogen-bond acceptors (Lipinski definition) is 2. The SMILES string of the molecule is CC(C)(C)c1ccnc(-n2c3[c-]c(Oc4[c-]c(-n5[c-][n+]6c7c(cccc75)-c5ccccc5-c5ccccc5-c5c-6cccc5C56c7ccccc7C(c7ccccc75)c5ccccc56)ccc4)ccc3c3ccccc32)c1.[Pt]. The third-order valence-electron chi connectivity index (χ3n) is 16.7. The normalized spacial score (nSPS) is 15.4. The van der Waals surface area contributed by atoms with Gasteiger partial charge in [0, 0.05) is 55.8 Å². The quantitative estimate of drug-likeness (QED) is 0.127. The Morgan fingerprint density at radius 2 is 1.08 bits per heavy atom. The number of imidazole rings is 1. The standard InChI is InChI=1S/C72H48N4O.Pt/c1-71(2,3)45-39-40-73-67(41-45)76-63-34-15-11-24-52(63)53-38-37-48(43-66(53)76)77-47-20-16-19-46(42-47)74-44-75-64-35-18-33-62(69(64)54-25-7-6-22-50(54)49-21-4-5-23-51(49)55-29-17-36-65(74)70(55)75)72-59-30-12-8-26-56(59)68(57-27-9-13-31-60(57)72)58-28-10-14-32-61(58)72;/h4-41,68H,1-3H3;/q-2;. The molecule has 4 aliphatic rings. The minimum absolute atomic E-state index is 0. The fourth-order valence-corrected chi connectivity index (χ4v) is 13.5. The van der Waals surface area contributed by atoms with Crippen molar-refractivity contribution < 1.29 is 30.4 Å². The molecule has 0 spiro atoms. The van der Waals surface area contributed by atoms with Gasteiger partial charge in [-0.05, 0) is 113 Å². The van der Waals surface area contributed by atoms with Crippen molar-refractivity contribution in [2.45, 2.75) is 37.5 Å². The van der Waals surface area contributed by atoms with Gasteiger partial charge in [0.15, 0.2) is 0 Å². The molecule has 374 valence electrons. The van der Waals surface area contributed by atoms with Crippen LogP contribution in [0.3, 0.4) is 0 Å². The number of hydrogen-bond donors (Lipinski definition) is 0. The number of pyridine rings is 1. The molecule has 6 heteroatoms. The van der Waals surface area contributed by atoms with Crippen molar-refractivity contribution in [2.75, 3.05) is 0 Å². The maximum absolute atomic E-state index is 6.81. The van der Waals surface area contributed by atoms with Crippen LogP contribution in [0.5, 0.6) is 11.5 Å². The van der Waals surface area contributed by atoms with Crippen LogP contribution in [0.1, 0.15) is 71.2 Å². The smallest absolute Gasteiger partial charge is 0.268 e. The van der Waals surface area contributed by atoms with E-state index in [2.05, 4.69) is 259 Å². The largest absolute Gasteiger partial charge is 0.510 e. The molecule has 5 nitrogen and oxygen atoms in total. The first-order valence-corrected chi connectivity index (χ1v) is 26.6. The average Bonchev–Trinajstić information content (AvgIpc) is 4.17. The maximum Gasteiger partial charge on any atom is 0.268 e. The molecule has 0 saturated carbocycles. The molecule has 0 saturated heterocycles. The summed E-state index contributed by atoms with van der Waals surface area (Å²) < 4.78 is 13.5. The van der Waals surface area contributed by atoms with Crippen molar-refractivity contribution in [2.24, 2.45) is 0 Å². The van der Waals surface area contributed by atoms with E-state index in [4.69, 9.17) is 9.72 Å². The van der Waals surface area contributed by atoms with Crippen LogP contribution in [0.25, 0.3) is 83.4 Å². The van der Waals surface area contributed by atoms with Crippen molar-refractivity contribution in [3.8, 4) is 62.1 Å². The molecule has 4 heterocycles. The molecule has 13 aromatic rings. The molecular weight excluding hydrogens is 1130 g/mol. The second-order valence-electron chi connectivity index (χ2n) is 21.8. The Hall–Kier alpha value is -8.89.